The van der Waals surface area contributed by atoms with E-state index in [2.05, 4.69) is 12.1 Å². The molecule has 0 aromatic heterocycles. The lowest BCUT2D eigenvalue weighted by Crippen LogP contribution is -2.51. The zero-order chi connectivity index (χ0) is 20.2. The van der Waals surface area contributed by atoms with Crippen LogP contribution in [0.1, 0.15) is 49.3 Å². The van der Waals surface area contributed by atoms with Crippen LogP contribution in [0.2, 0.25) is 0 Å². The molecule has 3 aliphatic heterocycles. The van der Waals surface area contributed by atoms with Gasteiger partial charge in [0.1, 0.15) is 0 Å². The molecule has 0 radical (unpaired) electrons. The molecule has 3 fully saturated rings. The number of hydrogen-bond donors (Lipinski definition) is 0. The highest BCUT2D eigenvalue weighted by Gasteiger charge is 2.59. The standard InChI is InChI=1S/C22H29NO6/c1-25-18-11-15-16(12-19(18)26-2)21-6-7-23(20(24)27-3)17(15)10-14(21)4-5-22(13-21)28-8-9-29-22/h11-12,14,17H,4-10,13H2,1-3H3/t14-,17-,21-/m0/s1. The number of nitrogens with zero attached hydrogens (tertiary/aromatic N) is 1. The Kier molecular flexibility index (Phi) is 4.44. The quantitative estimate of drug-likeness (QED) is 0.754. The molecule has 7 nitrogen and oxygen atoms in total. The van der Waals surface area contributed by atoms with Crippen LogP contribution in [0.5, 0.6) is 11.5 Å². The maximum Gasteiger partial charge on any atom is 0.409 e. The van der Waals surface area contributed by atoms with Crippen molar-refractivity contribution in [3.63, 3.8) is 0 Å². The molecule has 0 unspecified atom stereocenters. The number of carbonyl (C=O) groups excluding carboxylic acids is 1. The van der Waals surface area contributed by atoms with Gasteiger partial charge in [0.05, 0.1) is 40.6 Å². The second kappa shape index (κ2) is 6.77. The van der Waals surface area contributed by atoms with Gasteiger partial charge in [0, 0.05) is 24.8 Å². The van der Waals surface area contributed by atoms with Gasteiger partial charge in [-0.25, -0.2) is 4.79 Å². The fourth-order valence-electron chi connectivity index (χ4n) is 6.32. The van der Waals surface area contributed by atoms with Gasteiger partial charge < -0.3 is 28.6 Å². The molecule has 2 spiro atoms. The number of hydrogen-bond acceptors (Lipinski definition) is 6. The number of carbonyl (C=O) groups is 1. The Morgan fingerprint density at radius 3 is 2.52 bits per heavy atom. The summed E-state index contributed by atoms with van der Waals surface area (Å²) in [7, 11) is 4.77. The summed E-state index contributed by atoms with van der Waals surface area (Å²) in [5, 5.41) is 0. The first kappa shape index (κ1) is 19.0. The van der Waals surface area contributed by atoms with E-state index in [-0.39, 0.29) is 17.6 Å². The van der Waals surface area contributed by atoms with Crippen LogP contribution < -0.4 is 9.47 Å². The van der Waals surface area contributed by atoms with Gasteiger partial charge in [-0.3, -0.25) is 0 Å². The van der Waals surface area contributed by atoms with Crippen LogP contribution in [0.4, 0.5) is 4.79 Å². The van der Waals surface area contributed by atoms with Gasteiger partial charge in [0.2, 0.25) is 0 Å². The van der Waals surface area contributed by atoms with Gasteiger partial charge in [-0.2, -0.15) is 0 Å². The summed E-state index contributed by atoms with van der Waals surface area (Å²) in [6.07, 6.45) is 4.27. The van der Waals surface area contributed by atoms with E-state index in [9.17, 15) is 4.79 Å². The van der Waals surface area contributed by atoms with E-state index in [0.717, 1.165) is 43.4 Å². The summed E-state index contributed by atoms with van der Waals surface area (Å²) < 4.78 is 28.7. The first-order chi connectivity index (χ1) is 14.1. The molecule has 3 atom stereocenters. The molecule has 5 aliphatic rings. The Morgan fingerprint density at radius 2 is 1.83 bits per heavy atom. The number of rotatable bonds is 2. The van der Waals surface area contributed by atoms with Gasteiger partial charge in [-0.15, -0.1) is 0 Å². The van der Waals surface area contributed by atoms with Crippen molar-refractivity contribution in [1.82, 2.24) is 4.90 Å². The van der Waals surface area contributed by atoms with E-state index in [1.807, 2.05) is 4.90 Å². The van der Waals surface area contributed by atoms with Crippen LogP contribution in [0.15, 0.2) is 12.1 Å². The summed E-state index contributed by atoms with van der Waals surface area (Å²) in [4.78, 5) is 14.5. The summed E-state index contributed by atoms with van der Waals surface area (Å²) in [5.74, 6) is 1.37. The Hall–Kier alpha value is -1.99. The lowest BCUT2D eigenvalue weighted by atomic mass is 9.54. The van der Waals surface area contributed by atoms with Crippen LogP contribution in [-0.2, 0) is 19.6 Å². The molecular weight excluding hydrogens is 374 g/mol. The lowest BCUT2D eigenvalue weighted by molar-refractivity contribution is -0.202. The van der Waals surface area contributed by atoms with E-state index in [4.69, 9.17) is 23.7 Å². The largest absolute Gasteiger partial charge is 0.493 e. The molecule has 7 heteroatoms. The second-order valence-electron chi connectivity index (χ2n) is 8.64. The van der Waals surface area contributed by atoms with Gasteiger partial charge in [0.25, 0.3) is 0 Å². The molecule has 2 saturated heterocycles. The number of benzene rings is 1. The first-order valence-corrected chi connectivity index (χ1v) is 10.4. The molecule has 6 rings (SSSR count). The Labute approximate surface area is 171 Å². The molecule has 1 saturated carbocycles. The smallest absolute Gasteiger partial charge is 0.409 e. The van der Waals surface area contributed by atoms with E-state index >= 15 is 0 Å². The van der Waals surface area contributed by atoms with E-state index in [1.54, 1.807) is 14.2 Å². The molecule has 29 heavy (non-hydrogen) atoms. The summed E-state index contributed by atoms with van der Waals surface area (Å²) >= 11 is 0. The van der Waals surface area contributed by atoms with Crippen molar-refractivity contribution in [2.45, 2.75) is 49.3 Å². The molecule has 2 aliphatic carbocycles. The van der Waals surface area contributed by atoms with Crippen LogP contribution in [0.3, 0.4) is 0 Å². The van der Waals surface area contributed by atoms with Gasteiger partial charge in [0.15, 0.2) is 17.3 Å². The Balaban J connectivity index is 1.69. The maximum absolute atomic E-state index is 12.6. The molecule has 0 N–H and O–H groups in total. The fourth-order valence-corrected chi connectivity index (χ4v) is 6.32. The van der Waals surface area contributed by atoms with Crippen molar-refractivity contribution >= 4 is 6.09 Å². The molecule has 3 heterocycles. The third kappa shape index (κ3) is 2.66. The van der Waals surface area contributed by atoms with E-state index in [0.29, 0.717) is 31.4 Å². The molecule has 158 valence electrons. The normalized spacial score (nSPS) is 31.8. The lowest BCUT2D eigenvalue weighted by Gasteiger charge is -2.53. The van der Waals surface area contributed by atoms with Crippen molar-refractivity contribution in [2.24, 2.45) is 5.92 Å². The zero-order valence-electron chi connectivity index (χ0n) is 17.4. The zero-order valence-corrected chi connectivity index (χ0v) is 17.4. The molecule has 1 aromatic rings. The Bertz CT molecular complexity index is 820. The predicted molar refractivity (Wildman–Crippen MR) is 104 cm³/mol. The van der Waals surface area contributed by atoms with Gasteiger partial charge in [-0.1, -0.05) is 0 Å². The van der Waals surface area contributed by atoms with Crippen LogP contribution in [0.25, 0.3) is 0 Å². The van der Waals surface area contributed by atoms with E-state index < -0.39 is 5.79 Å². The monoisotopic (exact) mass is 403 g/mol. The first-order valence-electron chi connectivity index (χ1n) is 10.4. The fraction of sp³-hybridized carbons (Fsp3) is 0.682. The highest BCUT2D eigenvalue weighted by molar-refractivity contribution is 5.69. The topological polar surface area (TPSA) is 66.5 Å². The van der Waals surface area contributed by atoms with E-state index in [1.165, 1.54) is 12.7 Å². The molecular formula is C22H29NO6. The molecule has 1 aromatic carbocycles. The minimum Gasteiger partial charge on any atom is -0.493 e. The third-order valence-corrected chi connectivity index (χ3v) is 7.60. The average Bonchev–Trinajstić information content (AvgIpc) is 3.07. The van der Waals surface area contributed by atoms with Crippen LogP contribution in [0, 0.1) is 5.92 Å². The van der Waals surface area contributed by atoms with Crippen molar-refractivity contribution in [3.8, 4) is 11.5 Å². The highest BCUT2D eigenvalue weighted by atomic mass is 16.7. The van der Waals surface area contributed by atoms with Crippen molar-refractivity contribution < 1.29 is 28.5 Å². The molecule has 2 bridgehead atoms. The summed E-state index contributed by atoms with van der Waals surface area (Å²) in [5.41, 5.74) is 2.27. The van der Waals surface area contributed by atoms with Gasteiger partial charge in [-0.05, 0) is 48.4 Å². The number of amides is 1. The van der Waals surface area contributed by atoms with Gasteiger partial charge >= 0.3 is 6.09 Å². The van der Waals surface area contributed by atoms with Crippen LogP contribution in [-0.4, -0.2) is 57.9 Å². The van der Waals surface area contributed by atoms with Crippen LogP contribution >= 0.6 is 0 Å². The summed E-state index contributed by atoms with van der Waals surface area (Å²) in [6.45, 7) is 1.95. The molecule has 1 amide bonds. The third-order valence-electron chi connectivity index (χ3n) is 7.60. The minimum absolute atomic E-state index is 0.0163. The summed E-state index contributed by atoms with van der Waals surface area (Å²) in [6, 6.07) is 4.16. The van der Waals surface area contributed by atoms with Crippen molar-refractivity contribution in [3.05, 3.63) is 23.3 Å². The second-order valence-corrected chi connectivity index (χ2v) is 8.64. The Morgan fingerprint density at radius 1 is 1.10 bits per heavy atom. The van der Waals surface area contributed by atoms with Crippen molar-refractivity contribution in [1.29, 1.82) is 0 Å². The predicted octanol–water partition coefficient (Wildman–Crippen LogP) is 3.40. The number of fused-ring (bicyclic) bond motifs is 2. The maximum atomic E-state index is 12.6. The average molecular weight is 403 g/mol. The number of methoxy groups -OCH3 is 3. The highest BCUT2D eigenvalue weighted by Crippen LogP contribution is 2.62. The number of ether oxygens (including phenoxy) is 5. The van der Waals surface area contributed by atoms with Crippen molar-refractivity contribution in [2.75, 3.05) is 41.1 Å². The minimum atomic E-state index is -0.506. The SMILES string of the molecule is COC(=O)N1CC[C@]23CC4(CC[C@H]2C[C@H]1c1cc(OC)c(OC)cc13)OCCO4.